The number of unbranched alkanes of at least 4 members (excludes halogenated alkanes) is 4. The predicted octanol–water partition coefficient (Wildman–Crippen LogP) is 2.91. The fourth-order valence-corrected chi connectivity index (χ4v) is 0.862. The molecule has 0 atom stereocenters. The van der Waals surface area contributed by atoms with Crippen LogP contribution in [0.3, 0.4) is 0 Å². The van der Waals surface area contributed by atoms with Gasteiger partial charge in [0.25, 0.3) is 0 Å². The van der Waals surface area contributed by atoms with Gasteiger partial charge in [-0.15, -0.1) is 0 Å². The second-order valence-electron chi connectivity index (χ2n) is 2.64. The van der Waals surface area contributed by atoms with Crippen molar-refractivity contribution in [3.63, 3.8) is 0 Å². The van der Waals surface area contributed by atoms with E-state index in [4.69, 9.17) is 0 Å². The first kappa shape index (κ1) is 12.4. The van der Waals surface area contributed by atoms with Crippen LogP contribution < -0.4 is 0 Å². The van der Waals surface area contributed by atoms with E-state index in [1.54, 1.807) is 0 Å². The van der Waals surface area contributed by atoms with E-state index in [0.717, 1.165) is 19.1 Å². The summed E-state index contributed by atoms with van der Waals surface area (Å²) in [4.78, 5) is 8.82. The molecule has 0 saturated heterocycles. The normalized spacial score (nSPS) is 9.92. The van der Waals surface area contributed by atoms with Gasteiger partial charge < -0.3 is 4.89 Å². The topological polar surface area (TPSA) is 36.9 Å². The third kappa shape index (κ3) is 11.4. The van der Waals surface area contributed by atoms with Gasteiger partial charge in [-0.1, -0.05) is 39.2 Å². The van der Waals surface area contributed by atoms with Crippen LogP contribution in [0.15, 0.2) is 12.8 Å². The standard InChI is InChI=1S/C9H18O4/c1-3-5-6-7-8-9-11-13-12-10-4-2/h4H,2-3,5-9H2,1H3. The zero-order valence-electron chi connectivity index (χ0n) is 8.16. The van der Waals surface area contributed by atoms with E-state index in [1.165, 1.54) is 19.3 Å². The third-order valence-electron chi connectivity index (χ3n) is 1.51. The van der Waals surface area contributed by atoms with Crippen LogP contribution in [0.1, 0.15) is 39.0 Å². The van der Waals surface area contributed by atoms with Crippen molar-refractivity contribution >= 4 is 0 Å². The van der Waals surface area contributed by atoms with Crippen LogP contribution in [0.4, 0.5) is 0 Å². The van der Waals surface area contributed by atoms with Gasteiger partial charge in [-0.2, -0.15) is 0 Å². The van der Waals surface area contributed by atoms with Crippen molar-refractivity contribution in [1.29, 1.82) is 0 Å². The van der Waals surface area contributed by atoms with Gasteiger partial charge in [-0.05, 0) is 11.5 Å². The summed E-state index contributed by atoms with van der Waals surface area (Å²) >= 11 is 0. The summed E-state index contributed by atoms with van der Waals surface area (Å²) in [6, 6.07) is 0. The summed E-state index contributed by atoms with van der Waals surface area (Å²) in [6.45, 7) is 5.94. The van der Waals surface area contributed by atoms with Gasteiger partial charge >= 0.3 is 0 Å². The van der Waals surface area contributed by atoms with Crippen molar-refractivity contribution in [2.45, 2.75) is 39.0 Å². The highest BCUT2D eigenvalue weighted by Crippen LogP contribution is 2.02. The van der Waals surface area contributed by atoms with Crippen molar-refractivity contribution in [2.24, 2.45) is 0 Å². The molecule has 0 aliphatic carbocycles. The Morgan fingerprint density at radius 3 is 2.54 bits per heavy atom. The van der Waals surface area contributed by atoms with Gasteiger partial charge in [0.2, 0.25) is 0 Å². The summed E-state index contributed by atoms with van der Waals surface area (Å²) in [6.07, 6.45) is 6.98. The van der Waals surface area contributed by atoms with Crippen molar-refractivity contribution in [1.82, 2.24) is 0 Å². The Kier molecular flexibility index (Phi) is 10.9. The van der Waals surface area contributed by atoms with Crippen LogP contribution in [0.25, 0.3) is 0 Å². The molecule has 13 heavy (non-hydrogen) atoms. The van der Waals surface area contributed by atoms with Crippen LogP contribution >= 0.6 is 0 Å². The Balaban J connectivity index is 2.79. The highest BCUT2D eigenvalue weighted by Gasteiger charge is 1.91. The van der Waals surface area contributed by atoms with Crippen LogP contribution in [-0.4, -0.2) is 6.61 Å². The van der Waals surface area contributed by atoms with E-state index in [1.807, 2.05) is 0 Å². The van der Waals surface area contributed by atoms with Gasteiger partial charge in [0.1, 0.15) is 6.26 Å². The van der Waals surface area contributed by atoms with Crippen molar-refractivity contribution < 1.29 is 19.9 Å². The van der Waals surface area contributed by atoms with E-state index in [2.05, 4.69) is 33.4 Å². The predicted molar refractivity (Wildman–Crippen MR) is 48.2 cm³/mol. The molecule has 0 rings (SSSR count). The molecule has 0 spiro atoms. The lowest BCUT2D eigenvalue weighted by Crippen LogP contribution is -1.97. The maximum atomic E-state index is 4.62. The number of hydrogen-bond acceptors (Lipinski definition) is 4. The van der Waals surface area contributed by atoms with Crippen LogP contribution in [0, 0.1) is 0 Å². The van der Waals surface area contributed by atoms with E-state index in [9.17, 15) is 0 Å². The average Bonchev–Trinajstić information content (AvgIpc) is 2.16. The maximum absolute atomic E-state index is 4.62. The molecule has 0 saturated carbocycles. The van der Waals surface area contributed by atoms with E-state index in [-0.39, 0.29) is 0 Å². The van der Waals surface area contributed by atoms with E-state index in [0.29, 0.717) is 6.61 Å². The van der Waals surface area contributed by atoms with Gasteiger partial charge in [0.05, 0.1) is 6.61 Å². The van der Waals surface area contributed by atoms with Crippen molar-refractivity contribution in [3.8, 4) is 0 Å². The summed E-state index contributed by atoms with van der Waals surface area (Å²) < 4.78 is 0. The second kappa shape index (κ2) is 11.4. The summed E-state index contributed by atoms with van der Waals surface area (Å²) in [5, 5.41) is 8.26. The molecule has 0 aromatic carbocycles. The Labute approximate surface area is 79.2 Å². The van der Waals surface area contributed by atoms with Crippen LogP contribution in [0.2, 0.25) is 0 Å². The van der Waals surface area contributed by atoms with E-state index < -0.39 is 0 Å². The number of rotatable bonds is 10. The SMILES string of the molecule is C=COOOOCCCCCCC. The van der Waals surface area contributed by atoms with Crippen molar-refractivity contribution in [3.05, 3.63) is 12.8 Å². The lowest BCUT2D eigenvalue weighted by molar-refractivity contribution is -0.621. The Morgan fingerprint density at radius 2 is 1.85 bits per heavy atom. The monoisotopic (exact) mass is 190 g/mol. The first-order valence-corrected chi connectivity index (χ1v) is 4.64. The van der Waals surface area contributed by atoms with Crippen molar-refractivity contribution in [2.75, 3.05) is 6.61 Å². The van der Waals surface area contributed by atoms with E-state index >= 15 is 0 Å². The second-order valence-corrected chi connectivity index (χ2v) is 2.64. The van der Waals surface area contributed by atoms with Crippen LogP contribution in [-0.2, 0) is 19.9 Å². The molecule has 0 aliphatic rings. The fourth-order valence-electron chi connectivity index (χ4n) is 0.862. The fraction of sp³-hybridized carbons (Fsp3) is 0.778. The highest BCUT2D eigenvalue weighted by atomic mass is 17.7. The molecule has 0 amide bonds. The van der Waals surface area contributed by atoms with Gasteiger partial charge in [0.15, 0.2) is 0 Å². The zero-order valence-corrected chi connectivity index (χ0v) is 8.16. The molecule has 0 radical (unpaired) electrons. The van der Waals surface area contributed by atoms with Gasteiger partial charge in [-0.25, -0.2) is 4.89 Å². The summed E-state index contributed by atoms with van der Waals surface area (Å²) in [5.74, 6) is 0. The molecule has 0 aromatic heterocycles. The molecule has 4 heteroatoms. The zero-order chi connectivity index (χ0) is 9.78. The highest BCUT2D eigenvalue weighted by molar-refractivity contribution is 4.41. The molecular formula is C9H18O4. The minimum Gasteiger partial charge on any atom is -0.315 e. The largest absolute Gasteiger partial charge is 0.315 e. The van der Waals surface area contributed by atoms with Gasteiger partial charge in [0, 0.05) is 5.04 Å². The Hall–Kier alpha value is -0.580. The number of hydrogen-bond donors (Lipinski definition) is 0. The minimum absolute atomic E-state index is 0.518. The molecule has 0 heterocycles. The molecule has 0 bridgehead atoms. The van der Waals surface area contributed by atoms with Crippen LogP contribution in [0.5, 0.6) is 0 Å². The molecule has 78 valence electrons. The first-order valence-electron chi connectivity index (χ1n) is 4.64. The lowest BCUT2D eigenvalue weighted by atomic mass is 10.2. The summed E-state index contributed by atoms with van der Waals surface area (Å²) in [5.41, 5.74) is 0. The minimum atomic E-state index is 0.518. The molecule has 0 N–H and O–H groups in total. The molecule has 0 aromatic rings. The quantitative estimate of drug-likeness (QED) is 0.230. The molecule has 0 unspecified atom stereocenters. The maximum Gasteiger partial charge on any atom is 0.125 e. The molecule has 0 aliphatic heterocycles. The molecular weight excluding hydrogens is 172 g/mol. The molecule has 0 fully saturated rings. The summed E-state index contributed by atoms with van der Waals surface area (Å²) in [7, 11) is 0. The Morgan fingerprint density at radius 1 is 1.08 bits per heavy atom. The smallest absolute Gasteiger partial charge is 0.125 e. The lowest BCUT2D eigenvalue weighted by Gasteiger charge is -2.00. The Bertz CT molecular complexity index is 106. The first-order chi connectivity index (χ1) is 6.41. The third-order valence-corrected chi connectivity index (χ3v) is 1.51. The average molecular weight is 190 g/mol. The molecule has 4 nitrogen and oxygen atoms in total. The van der Waals surface area contributed by atoms with Gasteiger partial charge in [-0.3, -0.25) is 0 Å².